The van der Waals surface area contributed by atoms with Crippen molar-refractivity contribution in [2.24, 2.45) is 0 Å². The first-order valence-corrected chi connectivity index (χ1v) is 10.9. The lowest BCUT2D eigenvalue weighted by Gasteiger charge is -2.06. The molecule has 0 bridgehead atoms. The lowest BCUT2D eigenvalue weighted by Crippen LogP contribution is -2.10. The quantitative estimate of drug-likeness (QED) is 0.527. The molecule has 1 heterocycles. The van der Waals surface area contributed by atoms with E-state index in [1.54, 1.807) is 28.9 Å². The zero-order chi connectivity index (χ0) is 17.7. The molecule has 0 N–H and O–H groups in total. The van der Waals surface area contributed by atoms with Crippen LogP contribution in [-0.4, -0.2) is 40.1 Å². The highest BCUT2D eigenvalue weighted by molar-refractivity contribution is 9.10. The number of halogens is 1. The largest absolute Gasteiger partial charge is 0.224 e. The second-order valence-electron chi connectivity index (χ2n) is 5.23. The highest BCUT2D eigenvalue weighted by Gasteiger charge is 2.15. The van der Waals surface area contributed by atoms with Crippen LogP contribution in [0.3, 0.4) is 0 Å². The Bertz CT molecular complexity index is 928. The second-order valence-corrected chi connectivity index (χ2v) is 9.31. The molecule has 9 heteroatoms. The van der Waals surface area contributed by atoms with Crippen molar-refractivity contribution in [3.8, 4) is 0 Å². The Morgan fingerprint density at radius 2 is 1.76 bits per heavy atom. The second kappa shape index (κ2) is 8.11. The molecule has 2 aromatic carbocycles. The van der Waals surface area contributed by atoms with E-state index in [2.05, 4.69) is 31.5 Å². The van der Waals surface area contributed by atoms with Crippen molar-refractivity contribution in [3.05, 3.63) is 64.6 Å². The van der Waals surface area contributed by atoms with Gasteiger partial charge in [0.25, 0.3) is 0 Å². The number of hydrogen-bond acceptors (Lipinski definition) is 6. The van der Waals surface area contributed by atoms with Crippen molar-refractivity contribution in [2.45, 2.75) is 16.6 Å². The summed E-state index contributed by atoms with van der Waals surface area (Å²) in [7, 11) is -3.32. The fourth-order valence-corrected chi connectivity index (χ4v) is 4.95. The summed E-state index contributed by atoms with van der Waals surface area (Å²) in [6.07, 6.45) is 0. The summed E-state index contributed by atoms with van der Waals surface area (Å²) in [6, 6.07) is 16.5. The van der Waals surface area contributed by atoms with Gasteiger partial charge in [0.05, 0.1) is 17.2 Å². The molecule has 0 spiro atoms. The summed E-state index contributed by atoms with van der Waals surface area (Å²) in [6.45, 7) is 0.551. The standard InChI is InChI=1S/C16H15BrN4O2S2/c17-14-6-8-15(9-7-14)25(22,23)11-10-24-16-18-19-20-21(16)12-13-4-2-1-3-5-13/h1-9H,10-12H2. The van der Waals surface area contributed by atoms with Crippen LogP contribution in [0, 0.1) is 0 Å². The minimum atomic E-state index is -3.32. The first kappa shape index (κ1) is 18.1. The minimum absolute atomic E-state index is 0.0253. The number of tetrazole rings is 1. The summed E-state index contributed by atoms with van der Waals surface area (Å²) in [5.41, 5.74) is 1.08. The fourth-order valence-electron chi connectivity index (χ4n) is 2.16. The Morgan fingerprint density at radius 3 is 2.48 bits per heavy atom. The Kier molecular flexibility index (Phi) is 5.87. The summed E-state index contributed by atoms with van der Waals surface area (Å²) >= 11 is 4.64. The Morgan fingerprint density at radius 1 is 1.04 bits per heavy atom. The van der Waals surface area contributed by atoms with Crippen LogP contribution in [0.1, 0.15) is 5.56 Å². The third-order valence-electron chi connectivity index (χ3n) is 3.43. The van der Waals surface area contributed by atoms with E-state index in [4.69, 9.17) is 0 Å². The van der Waals surface area contributed by atoms with E-state index in [1.165, 1.54) is 11.8 Å². The van der Waals surface area contributed by atoms with Gasteiger partial charge in [-0.2, -0.15) is 0 Å². The molecule has 130 valence electrons. The lowest BCUT2D eigenvalue weighted by molar-refractivity contribution is 0.596. The molecule has 0 saturated heterocycles. The zero-order valence-electron chi connectivity index (χ0n) is 13.1. The fraction of sp³-hybridized carbons (Fsp3) is 0.188. The Labute approximate surface area is 158 Å². The first-order chi connectivity index (χ1) is 12.0. The maximum Gasteiger partial charge on any atom is 0.209 e. The van der Waals surface area contributed by atoms with Crippen LogP contribution in [0.2, 0.25) is 0 Å². The molecule has 25 heavy (non-hydrogen) atoms. The molecule has 3 rings (SSSR count). The topological polar surface area (TPSA) is 77.7 Å². The third kappa shape index (κ3) is 4.90. The van der Waals surface area contributed by atoms with Crippen molar-refractivity contribution in [1.82, 2.24) is 20.2 Å². The zero-order valence-corrected chi connectivity index (χ0v) is 16.3. The van der Waals surface area contributed by atoms with E-state index >= 15 is 0 Å². The van der Waals surface area contributed by atoms with Crippen LogP contribution in [0.15, 0.2) is 69.1 Å². The molecule has 3 aromatic rings. The molecule has 0 aliphatic carbocycles. The average Bonchev–Trinajstić information content (AvgIpc) is 3.03. The minimum Gasteiger partial charge on any atom is -0.224 e. The number of aromatic nitrogens is 4. The van der Waals surface area contributed by atoms with Crippen molar-refractivity contribution in [3.63, 3.8) is 0 Å². The molecule has 0 aliphatic heterocycles. The van der Waals surface area contributed by atoms with Gasteiger partial charge >= 0.3 is 0 Å². The van der Waals surface area contributed by atoms with Gasteiger partial charge in [-0.1, -0.05) is 58.0 Å². The van der Waals surface area contributed by atoms with Crippen LogP contribution in [0.4, 0.5) is 0 Å². The number of rotatable bonds is 7. The number of thioether (sulfide) groups is 1. The normalized spacial score (nSPS) is 11.6. The molecule has 0 aliphatic rings. The van der Waals surface area contributed by atoms with E-state index in [1.807, 2.05) is 30.3 Å². The average molecular weight is 439 g/mol. The lowest BCUT2D eigenvalue weighted by atomic mass is 10.2. The molecule has 0 fully saturated rings. The van der Waals surface area contributed by atoms with Gasteiger partial charge < -0.3 is 0 Å². The van der Waals surface area contributed by atoms with Gasteiger partial charge in [0, 0.05) is 10.2 Å². The maximum atomic E-state index is 12.4. The molecular weight excluding hydrogens is 424 g/mol. The van der Waals surface area contributed by atoms with Gasteiger partial charge in [0.15, 0.2) is 9.84 Å². The van der Waals surface area contributed by atoms with Crippen LogP contribution in [0.5, 0.6) is 0 Å². The molecule has 1 aromatic heterocycles. The number of sulfone groups is 1. The predicted octanol–water partition coefficient (Wildman–Crippen LogP) is 3.05. The van der Waals surface area contributed by atoms with Gasteiger partial charge in [-0.25, -0.2) is 13.1 Å². The van der Waals surface area contributed by atoms with E-state index in [-0.39, 0.29) is 5.75 Å². The molecular formula is C16H15BrN4O2S2. The monoisotopic (exact) mass is 438 g/mol. The van der Waals surface area contributed by atoms with E-state index < -0.39 is 9.84 Å². The summed E-state index contributed by atoms with van der Waals surface area (Å²) in [4.78, 5) is 0.320. The molecule has 0 unspecified atom stereocenters. The number of nitrogens with zero attached hydrogens (tertiary/aromatic N) is 4. The van der Waals surface area contributed by atoms with Gasteiger partial charge in [0.2, 0.25) is 5.16 Å². The van der Waals surface area contributed by atoms with E-state index in [9.17, 15) is 8.42 Å². The van der Waals surface area contributed by atoms with Crippen molar-refractivity contribution in [1.29, 1.82) is 0 Å². The molecule has 0 amide bonds. The van der Waals surface area contributed by atoms with E-state index in [0.717, 1.165) is 10.0 Å². The van der Waals surface area contributed by atoms with Gasteiger partial charge in [0.1, 0.15) is 0 Å². The highest BCUT2D eigenvalue weighted by Crippen LogP contribution is 2.19. The van der Waals surface area contributed by atoms with Gasteiger partial charge in [-0.3, -0.25) is 0 Å². The van der Waals surface area contributed by atoms with Gasteiger partial charge in [-0.15, -0.1) is 5.10 Å². The first-order valence-electron chi connectivity index (χ1n) is 7.46. The molecule has 0 saturated carbocycles. The van der Waals surface area contributed by atoms with Crippen LogP contribution >= 0.6 is 27.7 Å². The van der Waals surface area contributed by atoms with Gasteiger partial charge in [-0.05, 0) is 40.3 Å². The highest BCUT2D eigenvalue weighted by atomic mass is 79.9. The summed E-state index contributed by atoms with van der Waals surface area (Å²) < 4.78 is 27.2. The summed E-state index contributed by atoms with van der Waals surface area (Å²) in [5.74, 6) is 0.408. The Hall–Kier alpha value is -1.71. The predicted molar refractivity (Wildman–Crippen MR) is 100 cm³/mol. The molecule has 0 radical (unpaired) electrons. The summed E-state index contributed by atoms with van der Waals surface area (Å²) in [5, 5.41) is 12.2. The van der Waals surface area contributed by atoms with Crippen LogP contribution in [0.25, 0.3) is 0 Å². The third-order valence-corrected chi connectivity index (χ3v) is 6.91. The van der Waals surface area contributed by atoms with E-state index in [0.29, 0.717) is 22.3 Å². The van der Waals surface area contributed by atoms with Crippen molar-refractivity contribution in [2.75, 3.05) is 11.5 Å². The van der Waals surface area contributed by atoms with Crippen molar-refractivity contribution < 1.29 is 8.42 Å². The van der Waals surface area contributed by atoms with Crippen molar-refractivity contribution >= 4 is 37.5 Å². The number of benzene rings is 2. The smallest absolute Gasteiger partial charge is 0.209 e. The van der Waals surface area contributed by atoms with Crippen LogP contribution in [-0.2, 0) is 16.4 Å². The molecule has 0 atom stereocenters. The van der Waals surface area contributed by atoms with Crippen LogP contribution < -0.4 is 0 Å². The molecule has 6 nitrogen and oxygen atoms in total. The Balaban J connectivity index is 1.61. The maximum absolute atomic E-state index is 12.4. The number of hydrogen-bond donors (Lipinski definition) is 0. The SMILES string of the molecule is O=S(=O)(CCSc1nnnn1Cc1ccccc1)c1ccc(Br)cc1.